The summed E-state index contributed by atoms with van der Waals surface area (Å²) in [4.78, 5) is 47.6. The minimum absolute atomic E-state index is 0.0820. The van der Waals surface area contributed by atoms with Gasteiger partial charge in [0.05, 0.1) is 12.6 Å². The van der Waals surface area contributed by atoms with Crippen LogP contribution in [0.25, 0.3) is 0 Å². The molecule has 2 atom stereocenters. The molecule has 1 aromatic rings. The molecule has 0 spiro atoms. The van der Waals surface area contributed by atoms with Gasteiger partial charge >= 0.3 is 0 Å². The largest absolute Gasteiger partial charge is 0.462 e. The summed E-state index contributed by atoms with van der Waals surface area (Å²) in [5.74, 6) is 0.445. The number of carbonyl (C=O) groups excluding carboxylic acids is 4. The van der Waals surface area contributed by atoms with E-state index in [9.17, 15) is 19.2 Å². The predicted molar refractivity (Wildman–Crippen MR) is 151 cm³/mol. The number of hydrogen-bond acceptors (Lipinski definition) is 7. The molecule has 1 fully saturated rings. The number of hydrogen-bond donors (Lipinski definition) is 2. The fourth-order valence-corrected chi connectivity index (χ4v) is 3.73. The highest BCUT2D eigenvalue weighted by atomic mass is 16.5. The molecule has 0 saturated carbocycles. The van der Waals surface area contributed by atoms with Crippen LogP contribution in [-0.4, -0.2) is 85.8 Å². The lowest BCUT2D eigenvalue weighted by atomic mass is 10.1. The Morgan fingerprint density at radius 2 is 1.84 bits per heavy atom. The lowest BCUT2D eigenvalue weighted by Crippen LogP contribution is -2.42. The molecule has 0 radical (unpaired) electrons. The molecule has 216 valence electrons. The molecule has 3 N–H and O–H groups in total. The van der Waals surface area contributed by atoms with Gasteiger partial charge in [-0.25, -0.2) is 0 Å². The maximum atomic E-state index is 12.3. The Morgan fingerprint density at radius 1 is 1.21 bits per heavy atom. The maximum Gasteiger partial charge on any atom is 0.293 e. The average Bonchev–Trinajstić information content (AvgIpc) is 3.26. The molecule has 2 rings (SSSR count). The summed E-state index contributed by atoms with van der Waals surface area (Å²) >= 11 is 0. The number of likely N-dealkylation sites (N-methyl/N-ethyl adjacent to an activating group) is 1. The number of nitrogens with two attached hydrogens (primary N) is 1. The number of nitrogens with one attached hydrogen (secondary N) is 1. The zero-order chi connectivity index (χ0) is 29.1. The van der Waals surface area contributed by atoms with Gasteiger partial charge in [-0.3, -0.25) is 19.3 Å². The van der Waals surface area contributed by atoms with Crippen LogP contribution in [-0.2, 0) is 23.9 Å². The fraction of sp³-hybridized carbons (Fsp3) is 0.655. The summed E-state index contributed by atoms with van der Waals surface area (Å²) in [5.41, 5.74) is 6.22. The number of aryl methyl sites for hydroxylation is 1. The second-order valence-electron chi connectivity index (χ2n) is 11.2. The highest BCUT2D eigenvalue weighted by Gasteiger charge is 2.27. The number of rotatable bonds is 12. The van der Waals surface area contributed by atoms with Crippen LogP contribution in [0.4, 0.5) is 0 Å². The second kappa shape index (κ2) is 19.3. The first kappa shape index (κ1) is 35.2. The topological polar surface area (TPSA) is 122 Å². The number of likely N-dealkylation sites (tertiary alicyclic amines) is 1. The quantitative estimate of drug-likeness (QED) is 0.396. The Hall–Kier alpha value is -2.78. The van der Waals surface area contributed by atoms with Crippen LogP contribution in [0.15, 0.2) is 30.3 Å². The van der Waals surface area contributed by atoms with Crippen LogP contribution < -0.4 is 11.1 Å². The molecule has 9 heteroatoms. The van der Waals surface area contributed by atoms with E-state index in [-0.39, 0.29) is 29.4 Å². The SMILES string of the molecule is CC(C)(C)OC=O.CC(C)CC(C=O)NCCN(C)CC(=O)N1CCC(CC(N)=O)C1.Cc1ccccc1. The van der Waals surface area contributed by atoms with Gasteiger partial charge in [-0.15, -0.1) is 0 Å². The highest BCUT2D eigenvalue weighted by molar-refractivity contribution is 5.79. The number of amides is 2. The Morgan fingerprint density at radius 3 is 2.26 bits per heavy atom. The molecule has 1 aliphatic heterocycles. The van der Waals surface area contributed by atoms with Crippen LogP contribution in [0.5, 0.6) is 0 Å². The second-order valence-corrected chi connectivity index (χ2v) is 11.2. The fourth-order valence-electron chi connectivity index (χ4n) is 3.73. The summed E-state index contributed by atoms with van der Waals surface area (Å²) in [6.45, 7) is 15.2. The van der Waals surface area contributed by atoms with Crippen molar-refractivity contribution in [3.8, 4) is 0 Å². The van der Waals surface area contributed by atoms with Gasteiger partial charge in [0.1, 0.15) is 11.9 Å². The molecule has 2 amide bonds. The van der Waals surface area contributed by atoms with Crippen molar-refractivity contribution in [2.24, 2.45) is 17.6 Å². The molecule has 1 heterocycles. The number of carbonyl (C=O) groups is 4. The van der Waals surface area contributed by atoms with Gasteiger partial charge in [0.25, 0.3) is 6.47 Å². The Kier molecular flexibility index (Phi) is 17.9. The maximum absolute atomic E-state index is 12.3. The zero-order valence-corrected chi connectivity index (χ0v) is 24.4. The molecule has 1 saturated heterocycles. The van der Waals surface area contributed by atoms with E-state index in [1.54, 1.807) is 0 Å². The minimum Gasteiger partial charge on any atom is -0.462 e. The van der Waals surface area contributed by atoms with Crippen molar-refractivity contribution in [1.82, 2.24) is 15.1 Å². The highest BCUT2D eigenvalue weighted by Crippen LogP contribution is 2.19. The molecule has 0 aliphatic carbocycles. The first-order chi connectivity index (χ1) is 17.8. The summed E-state index contributed by atoms with van der Waals surface area (Å²) < 4.78 is 4.55. The van der Waals surface area contributed by atoms with Crippen LogP contribution in [0.2, 0.25) is 0 Å². The molecular weight excluding hydrogens is 484 g/mol. The number of benzene rings is 1. The first-order valence-corrected chi connectivity index (χ1v) is 13.3. The van der Waals surface area contributed by atoms with E-state index in [0.29, 0.717) is 51.5 Å². The zero-order valence-electron chi connectivity index (χ0n) is 24.4. The van der Waals surface area contributed by atoms with Gasteiger partial charge in [-0.2, -0.15) is 0 Å². The molecular formula is C29H50N4O5. The van der Waals surface area contributed by atoms with Crippen molar-refractivity contribution in [3.05, 3.63) is 35.9 Å². The predicted octanol–water partition coefficient (Wildman–Crippen LogP) is 2.80. The first-order valence-electron chi connectivity index (χ1n) is 13.3. The summed E-state index contributed by atoms with van der Waals surface area (Å²) in [7, 11) is 1.90. The van der Waals surface area contributed by atoms with E-state index in [0.717, 1.165) is 19.1 Å². The molecule has 38 heavy (non-hydrogen) atoms. The molecule has 2 unspecified atom stereocenters. The Bertz CT molecular complexity index is 811. The molecule has 0 aromatic heterocycles. The smallest absolute Gasteiger partial charge is 0.293 e. The summed E-state index contributed by atoms with van der Waals surface area (Å²) in [6.07, 6.45) is 2.97. The van der Waals surface area contributed by atoms with Gasteiger partial charge in [0.2, 0.25) is 11.8 Å². The lowest BCUT2D eigenvalue weighted by Gasteiger charge is -2.22. The van der Waals surface area contributed by atoms with E-state index in [2.05, 4.69) is 43.0 Å². The van der Waals surface area contributed by atoms with Crippen LogP contribution in [0.1, 0.15) is 59.4 Å². The van der Waals surface area contributed by atoms with Gasteiger partial charge in [-0.05, 0) is 59.4 Å². The third-order valence-electron chi connectivity index (χ3n) is 5.67. The summed E-state index contributed by atoms with van der Waals surface area (Å²) in [6, 6.07) is 10.1. The van der Waals surface area contributed by atoms with E-state index in [4.69, 9.17) is 5.73 Å². The van der Waals surface area contributed by atoms with Crippen molar-refractivity contribution >= 4 is 24.6 Å². The third kappa shape index (κ3) is 19.3. The van der Waals surface area contributed by atoms with Gasteiger partial charge < -0.3 is 25.5 Å². The number of primary amides is 1. The normalized spacial score (nSPS) is 15.6. The monoisotopic (exact) mass is 534 g/mol. The van der Waals surface area contributed by atoms with Crippen molar-refractivity contribution < 1.29 is 23.9 Å². The van der Waals surface area contributed by atoms with E-state index in [1.165, 1.54) is 5.56 Å². The molecule has 0 bridgehead atoms. The van der Waals surface area contributed by atoms with E-state index in [1.807, 2.05) is 55.8 Å². The van der Waals surface area contributed by atoms with Crippen LogP contribution in [0.3, 0.4) is 0 Å². The van der Waals surface area contributed by atoms with Crippen molar-refractivity contribution in [1.29, 1.82) is 0 Å². The van der Waals surface area contributed by atoms with Gasteiger partial charge in [0, 0.05) is 32.6 Å². The minimum atomic E-state index is -0.318. The Labute approximate surface area is 229 Å². The van der Waals surface area contributed by atoms with E-state index < -0.39 is 0 Å². The number of aldehydes is 1. The number of nitrogens with zero attached hydrogens (tertiary/aromatic N) is 2. The summed E-state index contributed by atoms with van der Waals surface area (Å²) in [5, 5.41) is 3.22. The van der Waals surface area contributed by atoms with Crippen molar-refractivity contribution in [2.45, 2.75) is 72.4 Å². The molecule has 1 aliphatic rings. The van der Waals surface area contributed by atoms with Crippen LogP contribution >= 0.6 is 0 Å². The number of ether oxygens (including phenoxy) is 1. The Balaban J connectivity index is 0.000000789. The molecule has 9 nitrogen and oxygen atoms in total. The van der Waals surface area contributed by atoms with Crippen molar-refractivity contribution in [2.75, 3.05) is 39.8 Å². The third-order valence-corrected chi connectivity index (χ3v) is 5.67. The molecule has 1 aromatic carbocycles. The standard InChI is InChI=1S/C17H32N4O3.C7H8.C5H10O2/c1-13(2)8-15(12-22)19-5-7-20(3)11-17(24)21-6-4-14(10-21)9-16(18)23;1-7-5-3-2-4-6-7;1-5(2,3)7-4-6/h12-15,19H,4-11H2,1-3H3,(H2,18,23);2-6H,1H3;4H,1-3H3. The van der Waals surface area contributed by atoms with Gasteiger partial charge in [0.15, 0.2) is 0 Å². The van der Waals surface area contributed by atoms with Gasteiger partial charge in [-0.1, -0.05) is 49.7 Å². The van der Waals surface area contributed by atoms with Crippen molar-refractivity contribution in [3.63, 3.8) is 0 Å². The van der Waals surface area contributed by atoms with E-state index >= 15 is 0 Å². The lowest BCUT2D eigenvalue weighted by molar-refractivity contribution is -0.138. The average molecular weight is 535 g/mol. The van der Waals surface area contributed by atoms with Crippen LogP contribution in [0, 0.1) is 18.8 Å².